The number of hydrogen-bond acceptors (Lipinski definition) is 4. The third kappa shape index (κ3) is 1.91. The number of halogens is 2. The van der Waals surface area contributed by atoms with Gasteiger partial charge in [-0.3, -0.25) is 5.43 Å². The van der Waals surface area contributed by atoms with Gasteiger partial charge in [-0.25, -0.2) is 5.43 Å². The number of aliphatic hydroxyl groups excluding tert-OH is 1. The van der Waals surface area contributed by atoms with Crippen LogP contribution in [-0.4, -0.2) is 15.2 Å². The van der Waals surface area contributed by atoms with Crippen LogP contribution in [0.25, 0.3) is 0 Å². The molecule has 1 aliphatic rings. The fourth-order valence-electron chi connectivity index (χ4n) is 0.454. The summed E-state index contributed by atoms with van der Waals surface area (Å²) in [6, 6.07) is 0. The first-order valence-electron chi connectivity index (χ1n) is 2.22. The van der Waals surface area contributed by atoms with E-state index in [-0.39, 0.29) is 5.88 Å². The Morgan fingerprint density at radius 3 is 2.89 bits per heavy atom. The molecular formula is C3H5Cl2N3O. The molecule has 0 saturated carbocycles. The molecule has 0 aromatic heterocycles. The van der Waals surface area contributed by atoms with Gasteiger partial charge in [0.25, 0.3) is 0 Å². The van der Waals surface area contributed by atoms with Gasteiger partial charge in [0.05, 0.1) is 0 Å². The van der Waals surface area contributed by atoms with Crippen LogP contribution in [0.5, 0.6) is 0 Å². The summed E-state index contributed by atoms with van der Waals surface area (Å²) in [6.07, 6.45) is 1.38. The van der Waals surface area contributed by atoms with E-state index in [1.165, 1.54) is 6.08 Å². The SMILES string of the molecule is OC1=CC(Cl)NN(Cl)N1. The van der Waals surface area contributed by atoms with Crippen molar-refractivity contribution in [1.82, 2.24) is 15.5 Å². The molecule has 0 radical (unpaired) electrons. The van der Waals surface area contributed by atoms with E-state index in [0.717, 1.165) is 4.64 Å². The van der Waals surface area contributed by atoms with Crippen molar-refractivity contribution in [3.05, 3.63) is 12.0 Å². The number of nitrogens with zero attached hydrogens (tertiary/aromatic N) is 1. The van der Waals surface area contributed by atoms with Crippen molar-refractivity contribution in [2.24, 2.45) is 0 Å². The second-order valence-corrected chi connectivity index (χ2v) is 2.28. The molecule has 0 bridgehead atoms. The molecule has 6 heteroatoms. The van der Waals surface area contributed by atoms with Crippen LogP contribution in [0.2, 0.25) is 0 Å². The summed E-state index contributed by atoms with van der Waals surface area (Å²) >= 11 is 10.8. The highest BCUT2D eigenvalue weighted by atomic mass is 35.5. The minimum atomic E-state index is -0.469. The van der Waals surface area contributed by atoms with Crippen LogP contribution in [0.4, 0.5) is 0 Å². The zero-order valence-electron chi connectivity index (χ0n) is 4.31. The van der Waals surface area contributed by atoms with E-state index < -0.39 is 5.50 Å². The zero-order valence-corrected chi connectivity index (χ0v) is 5.82. The summed E-state index contributed by atoms with van der Waals surface area (Å²) in [5.41, 5.74) is 4.39. The van der Waals surface area contributed by atoms with Gasteiger partial charge in [-0.2, -0.15) is 0 Å². The van der Waals surface area contributed by atoms with Crippen molar-refractivity contribution in [3.63, 3.8) is 0 Å². The maximum atomic E-state index is 8.75. The van der Waals surface area contributed by atoms with Crippen LogP contribution in [0.15, 0.2) is 12.0 Å². The second-order valence-electron chi connectivity index (χ2n) is 1.48. The van der Waals surface area contributed by atoms with E-state index in [2.05, 4.69) is 10.9 Å². The third-order valence-corrected chi connectivity index (χ3v) is 1.16. The lowest BCUT2D eigenvalue weighted by Crippen LogP contribution is -2.47. The molecule has 0 aliphatic carbocycles. The summed E-state index contributed by atoms with van der Waals surface area (Å²) in [4.78, 5) is 0. The van der Waals surface area contributed by atoms with Crippen LogP contribution in [0, 0.1) is 0 Å². The molecule has 4 nitrogen and oxygen atoms in total. The largest absolute Gasteiger partial charge is 0.494 e. The van der Waals surface area contributed by atoms with Crippen molar-refractivity contribution in [2.45, 2.75) is 5.50 Å². The lowest BCUT2D eigenvalue weighted by Gasteiger charge is -2.22. The highest BCUT2D eigenvalue weighted by Crippen LogP contribution is 2.03. The molecule has 3 N–H and O–H groups in total. The fourth-order valence-corrected chi connectivity index (χ4v) is 0.913. The molecule has 52 valence electrons. The van der Waals surface area contributed by atoms with Crippen LogP contribution >= 0.6 is 23.4 Å². The molecule has 0 saturated heterocycles. The van der Waals surface area contributed by atoms with E-state index in [4.69, 9.17) is 28.5 Å². The predicted molar refractivity (Wildman–Crippen MR) is 34.3 cm³/mol. The maximum absolute atomic E-state index is 8.75. The molecule has 1 rings (SSSR count). The molecular weight excluding hydrogens is 165 g/mol. The van der Waals surface area contributed by atoms with Gasteiger partial charge in [-0.15, -0.1) is 0 Å². The Labute approximate surface area is 62.1 Å². The summed E-state index contributed by atoms with van der Waals surface area (Å²) in [6.45, 7) is 0. The monoisotopic (exact) mass is 169 g/mol. The van der Waals surface area contributed by atoms with Gasteiger partial charge in [-0.1, -0.05) is 16.2 Å². The molecule has 1 aliphatic heterocycles. The van der Waals surface area contributed by atoms with Gasteiger partial charge in [0.2, 0.25) is 0 Å². The molecule has 0 spiro atoms. The minimum absolute atomic E-state index is 0.0660. The number of alkyl halides is 1. The smallest absolute Gasteiger partial charge is 0.199 e. The summed E-state index contributed by atoms with van der Waals surface area (Å²) in [5, 5.41) is 8.75. The molecule has 0 fully saturated rings. The van der Waals surface area contributed by atoms with Crippen LogP contribution < -0.4 is 10.9 Å². The Balaban J connectivity index is 2.56. The molecule has 0 aromatic rings. The van der Waals surface area contributed by atoms with Crippen molar-refractivity contribution >= 4 is 23.4 Å². The zero-order chi connectivity index (χ0) is 6.85. The van der Waals surface area contributed by atoms with Crippen molar-refractivity contribution in [3.8, 4) is 0 Å². The first-order chi connectivity index (χ1) is 4.18. The van der Waals surface area contributed by atoms with Gasteiger partial charge in [-0.05, 0) is 0 Å². The Kier molecular flexibility index (Phi) is 2.02. The number of aliphatic hydroxyl groups is 1. The van der Waals surface area contributed by atoms with Crippen molar-refractivity contribution < 1.29 is 5.11 Å². The van der Waals surface area contributed by atoms with Gasteiger partial charge >= 0.3 is 0 Å². The maximum Gasteiger partial charge on any atom is 0.199 e. The Hall–Kier alpha value is -0.160. The second kappa shape index (κ2) is 2.62. The Morgan fingerprint density at radius 2 is 2.44 bits per heavy atom. The molecule has 1 atom stereocenters. The fraction of sp³-hybridized carbons (Fsp3) is 0.333. The van der Waals surface area contributed by atoms with E-state index in [9.17, 15) is 0 Å². The molecule has 1 heterocycles. The minimum Gasteiger partial charge on any atom is -0.494 e. The van der Waals surface area contributed by atoms with Crippen molar-refractivity contribution in [2.75, 3.05) is 0 Å². The first-order valence-corrected chi connectivity index (χ1v) is 2.99. The summed E-state index contributed by atoms with van der Waals surface area (Å²) in [7, 11) is 0. The molecule has 9 heavy (non-hydrogen) atoms. The Morgan fingerprint density at radius 1 is 1.78 bits per heavy atom. The van der Waals surface area contributed by atoms with E-state index >= 15 is 0 Å². The summed E-state index contributed by atoms with van der Waals surface area (Å²) < 4.78 is 0.951. The average molecular weight is 170 g/mol. The lowest BCUT2D eigenvalue weighted by atomic mass is 10.5. The van der Waals surface area contributed by atoms with Crippen LogP contribution in [0.1, 0.15) is 0 Å². The number of hydrogen-bond donors (Lipinski definition) is 3. The quantitative estimate of drug-likeness (QED) is 0.280. The van der Waals surface area contributed by atoms with Crippen LogP contribution in [-0.2, 0) is 0 Å². The number of rotatable bonds is 0. The highest BCUT2D eigenvalue weighted by molar-refractivity contribution is 6.22. The third-order valence-electron chi connectivity index (χ3n) is 0.754. The predicted octanol–water partition coefficient (Wildman–Crippen LogP) is 0.429. The van der Waals surface area contributed by atoms with Crippen LogP contribution in [0.3, 0.4) is 0 Å². The highest BCUT2D eigenvalue weighted by Gasteiger charge is 2.13. The van der Waals surface area contributed by atoms with Crippen molar-refractivity contribution in [1.29, 1.82) is 0 Å². The topological polar surface area (TPSA) is 47.5 Å². The normalized spacial score (nSPS) is 29.1. The average Bonchev–Trinajstić information content (AvgIpc) is 1.59. The lowest BCUT2D eigenvalue weighted by molar-refractivity contribution is 0.188. The molecule has 1 unspecified atom stereocenters. The summed E-state index contributed by atoms with van der Waals surface area (Å²) in [5.74, 6) is -0.0660. The number of nitrogens with one attached hydrogen (secondary N) is 2. The van der Waals surface area contributed by atoms with Gasteiger partial charge in [0.15, 0.2) is 5.88 Å². The van der Waals surface area contributed by atoms with Gasteiger partial charge < -0.3 is 5.11 Å². The number of hydrazine groups is 2. The first kappa shape index (κ1) is 6.95. The van der Waals surface area contributed by atoms with E-state index in [0.29, 0.717) is 0 Å². The molecule has 0 amide bonds. The van der Waals surface area contributed by atoms with E-state index in [1.807, 2.05) is 0 Å². The molecule has 0 aromatic carbocycles. The van der Waals surface area contributed by atoms with E-state index in [1.54, 1.807) is 0 Å². The Bertz CT molecular complexity index is 139. The standard InChI is InChI=1S/C3H5Cl2N3O/c4-2-1-3(9)7-8(5)6-2/h1-2,6-7,9H. The van der Waals surface area contributed by atoms with Gasteiger partial charge in [0, 0.05) is 17.9 Å². The van der Waals surface area contributed by atoms with Gasteiger partial charge in [0.1, 0.15) is 5.50 Å².